The highest BCUT2D eigenvalue weighted by molar-refractivity contribution is 6.04. The molecule has 1 aromatic carbocycles. The summed E-state index contributed by atoms with van der Waals surface area (Å²) in [6.07, 6.45) is 1.54. The van der Waals surface area contributed by atoms with Crippen molar-refractivity contribution in [3.8, 4) is 0 Å². The number of H-pyrrole nitrogens is 1. The summed E-state index contributed by atoms with van der Waals surface area (Å²) in [5.74, 6) is -0.888. The Morgan fingerprint density at radius 1 is 1.36 bits per heavy atom. The summed E-state index contributed by atoms with van der Waals surface area (Å²) in [5, 5.41) is 9.72. The Labute approximate surface area is 81.4 Å². The number of carboxylic acids is 1. The minimum atomic E-state index is -0.888. The quantitative estimate of drug-likeness (QED) is 0.724. The van der Waals surface area contributed by atoms with E-state index in [1.165, 1.54) is 0 Å². The molecule has 0 aliphatic carbocycles. The fraction of sp³-hybridized carbons (Fsp3) is 0.182. The van der Waals surface area contributed by atoms with Crippen LogP contribution in [0.3, 0.4) is 0 Å². The second kappa shape index (κ2) is 2.87. The number of aryl methyl sites for hydroxylation is 2. The van der Waals surface area contributed by atoms with E-state index in [0.29, 0.717) is 5.56 Å². The first kappa shape index (κ1) is 8.81. The number of hydrogen-bond acceptors (Lipinski definition) is 1. The van der Waals surface area contributed by atoms with Crippen LogP contribution in [0.2, 0.25) is 0 Å². The number of nitrogens with one attached hydrogen (secondary N) is 1. The van der Waals surface area contributed by atoms with E-state index in [2.05, 4.69) is 4.98 Å². The van der Waals surface area contributed by atoms with Gasteiger partial charge in [0.1, 0.15) is 0 Å². The fourth-order valence-corrected chi connectivity index (χ4v) is 1.77. The normalized spacial score (nSPS) is 10.7. The number of benzene rings is 1. The maximum atomic E-state index is 10.9. The molecule has 0 saturated carbocycles. The molecule has 0 spiro atoms. The number of fused-ring (bicyclic) bond motifs is 1. The predicted molar refractivity (Wildman–Crippen MR) is 54.7 cm³/mol. The van der Waals surface area contributed by atoms with Crippen LogP contribution < -0.4 is 0 Å². The van der Waals surface area contributed by atoms with E-state index < -0.39 is 5.97 Å². The van der Waals surface area contributed by atoms with E-state index >= 15 is 0 Å². The van der Waals surface area contributed by atoms with Crippen LogP contribution in [0, 0.1) is 13.8 Å². The van der Waals surface area contributed by atoms with Crippen molar-refractivity contribution in [2.75, 3.05) is 0 Å². The van der Waals surface area contributed by atoms with Gasteiger partial charge in [0.25, 0.3) is 0 Å². The van der Waals surface area contributed by atoms with Gasteiger partial charge in [-0.15, -0.1) is 0 Å². The molecule has 1 aromatic heterocycles. The Hall–Kier alpha value is -1.77. The van der Waals surface area contributed by atoms with E-state index in [0.717, 1.165) is 22.0 Å². The molecule has 0 bridgehead atoms. The van der Waals surface area contributed by atoms with Crippen molar-refractivity contribution in [2.24, 2.45) is 0 Å². The average molecular weight is 189 g/mol. The van der Waals surface area contributed by atoms with Gasteiger partial charge >= 0.3 is 5.97 Å². The van der Waals surface area contributed by atoms with Gasteiger partial charge in [-0.05, 0) is 25.5 Å². The first-order valence-electron chi connectivity index (χ1n) is 4.41. The molecule has 2 rings (SSSR count). The van der Waals surface area contributed by atoms with E-state index in [-0.39, 0.29) is 0 Å². The number of rotatable bonds is 1. The van der Waals surface area contributed by atoms with Gasteiger partial charge in [0.15, 0.2) is 0 Å². The van der Waals surface area contributed by atoms with Gasteiger partial charge in [0.2, 0.25) is 0 Å². The van der Waals surface area contributed by atoms with Crippen LogP contribution in [-0.4, -0.2) is 16.1 Å². The minimum absolute atomic E-state index is 0.340. The Balaban J connectivity index is 2.85. The van der Waals surface area contributed by atoms with Crippen molar-refractivity contribution in [1.29, 1.82) is 0 Å². The molecule has 0 aliphatic heterocycles. The molecular weight excluding hydrogens is 178 g/mol. The molecule has 0 unspecified atom stereocenters. The summed E-state index contributed by atoms with van der Waals surface area (Å²) in [6.45, 7) is 3.93. The Kier molecular flexibility index (Phi) is 1.81. The number of aromatic nitrogens is 1. The van der Waals surface area contributed by atoms with Crippen molar-refractivity contribution in [2.45, 2.75) is 13.8 Å². The van der Waals surface area contributed by atoms with Gasteiger partial charge in [-0.1, -0.05) is 11.6 Å². The maximum absolute atomic E-state index is 10.9. The summed E-state index contributed by atoms with van der Waals surface area (Å²) in [6, 6.07) is 3.92. The first-order chi connectivity index (χ1) is 6.59. The van der Waals surface area contributed by atoms with Gasteiger partial charge in [-0.2, -0.15) is 0 Å². The van der Waals surface area contributed by atoms with Gasteiger partial charge in [0, 0.05) is 17.1 Å². The first-order valence-corrected chi connectivity index (χ1v) is 4.41. The van der Waals surface area contributed by atoms with Crippen LogP contribution in [0.5, 0.6) is 0 Å². The Morgan fingerprint density at radius 2 is 2.07 bits per heavy atom. The zero-order valence-electron chi connectivity index (χ0n) is 8.09. The largest absolute Gasteiger partial charge is 0.478 e. The van der Waals surface area contributed by atoms with Crippen molar-refractivity contribution in [1.82, 2.24) is 4.98 Å². The van der Waals surface area contributed by atoms with Gasteiger partial charge < -0.3 is 10.1 Å². The molecule has 3 heteroatoms. The van der Waals surface area contributed by atoms with Gasteiger partial charge in [-0.3, -0.25) is 0 Å². The number of carbonyl (C=O) groups is 1. The second-order valence-electron chi connectivity index (χ2n) is 3.51. The summed E-state index contributed by atoms with van der Waals surface area (Å²) < 4.78 is 0. The molecule has 0 atom stereocenters. The fourth-order valence-electron chi connectivity index (χ4n) is 1.77. The summed E-state index contributed by atoms with van der Waals surface area (Å²) in [5.41, 5.74) is 3.41. The molecule has 1 heterocycles. The van der Waals surface area contributed by atoms with Gasteiger partial charge in [0.05, 0.1) is 5.56 Å². The molecule has 0 fully saturated rings. The van der Waals surface area contributed by atoms with E-state index in [1.54, 1.807) is 6.20 Å². The lowest BCUT2D eigenvalue weighted by Crippen LogP contribution is -1.93. The van der Waals surface area contributed by atoms with Gasteiger partial charge in [-0.25, -0.2) is 4.79 Å². The summed E-state index contributed by atoms with van der Waals surface area (Å²) in [4.78, 5) is 13.9. The van der Waals surface area contributed by atoms with Crippen LogP contribution in [0.4, 0.5) is 0 Å². The molecule has 14 heavy (non-hydrogen) atoms. The van der Waals surface area contributed by atoms with Crippen LogP contribution in [0.15, 0.2) is 18.3 Å². The number of aromatic amines is 1. The minimum Gasteiger partial charge on any atom is -0.478 e. The highest BCUT2D eigenvalue weighted by Crippen LogP contribution is 2.23. The molecule has 0 amide bonds. The standard InChI is InChI=1S/C11H11NO2/c1-6-3-7(2)10-8(4-6)9(5-12-10)11(13)14/h3-5,12H,1-2H3,(H,13,14). The lowest BCUT2D eigenvalue weighted by molar-refractivity contribution is 0.0699. The van der Waals surface area contributed by atoms with Crippen LogP contribution in [0.25, 0.3) is 10.9 Å². The molecule has 3 nitrogen and oxygen atoms in total. The molecule has 0 radical (unpaired) electrons. The van der Waals surface area contributed by atoms with Crippen LogP contribution in [0.1, 0.15) is 21.5 Å². The number of hydrogen-bond donors (Lipinski definition) is 2. The zero-order chi connectivity index (χ0) is 10.3. The topological polar surface area (TPSA) is 53.1 Å². The molecular formula is C11H11NO2. The SMILES string of the molecule is Cc1cc(C)c2[nH]cc(C(=O)O)c2c1. The molecule has 2 N–H and O–H groups in total. The van der Waals surface area contributed by atoms with Crippen molar-refractivity contribution in [3.05, 3.63) is 35.0 Å². The number of aromatic carboxylic acids is 1. The predicted octanol–water partition coefficient (Wildman–Crippen LogP) is 2.48. The van der Waals surface area contributed by atoms with E-state index in [9.17, 15) is 4.79 Å². The van der Waals surface area contributed by atoms with Crippen molar-refractivity contribution >= 4 is 16.9 Å². The third kappa shape index (κ3) is 1.18. The van der Waals surface area contributed by atoms with Crippen molar-refractivity contribution in [3.63, 3.8) is 0 Å². The smallest absolute Gasteiger partial charge is 0.337 e. The van der Waals surface area contributed by atoms with E-state index in [1.807, 2.05) is 26.0 Å². The second-order valence-corrected chi connectivity index (χ2v) is 3.51. The maximum Gasteiger partial charge on any atom is 0.337 e. The zero-order valence-corrected chi connectivity index (χ0v) is 8.09. The monoisotopic (exact) mass is 189 g/mol. The molecule has 0 saturated heterocycles. The molecule has 72 valence electrons. The molecule has 2 aromatic rings. The third-order valence-corrected chi connectivity index (χ3v) is 2.36. The number of carboxylic acid groups (broad SMARTS) is 1. The van der Waals surface area contributed by atoms with Crippen molar-refractivity contribution < 1.29 is 9.90 Å². The Bertz CT molecular complexity index is 511. The lowest BCUT2D eigenvalue weighted by atomic mass is 10.1. The average Bonchev–Trinajstić information content (AvgIpc) is 2.47. The van der Waals surface area contributed by atoms with Crippen LogP contribution in [-0.2, 0) is 0 Å². The Morgan fingerprint density at radius 3 is 2.71 bits per heavy atom. The van der Waals surface area contributed by atoms with E-state index in [4.69, 9.17) is 5.11 Å². The molecule has 0 aliphatic rings. The third-order valence-electron chi connectivity index (χ3n) is 2.36. The highest BCUT2D eigenvalue weighted by atomic mass is 16.4. The lowest BCUT2D eigenvalue weighted by Gasteiger charge is -1.99. The highest BCUT2D eigenvalue weighted by Gasteiger charge is 2.11. The summed E-state index contributed by atoms with van der Waals surface area (Å²) >= 11 is 0. The van der Waals surface area contributed by atoms with Crippen LogP contribution >= 0.6 is 0 Å². The summed E-state index contributed by atoms with van der Waals surface area (Å²) in [7, 11) is 0.